The van der Waals surface area contributed by atoms with Crippen molar-refractivity contribution in [2.45, 2.75) is 24.0 Å². The van der Waals surface area contributed by atoms with Crippen LogP contribution >= 0.6 is 0 Å². The van der Waals surface area contributed by atoms with Crippen molar-refractivity contribution in [3.8, 4) is 0 Å². The Morgan fingerprint density at radius 1 is 1.05 bits per heavy atom. The van der Waals surface area contributed by atoms with E-state index in [1.807, 2.05) is 0 Å². The molecule has 1 aromatic heterocycles. The van der Waals surface area contributed by atoms with Crippen molar-refractivity contribution in [2.75, 3.05) is 5.32 Å². The molecule has 2 aromatic rings. The molecule has 1 aromatic carbocycles. The maximum atomic E-state index is 12.0. The van der Waals surface area contributed by atoms with Crippen LogP contribution in [0.4, 0.5) is 5.69 Å². The van der Waals surface area contributed by atoms with Gasteiger partial charge < -0.3 is 5.32 Å². The van der Waals surface area contributed by atoms with E-state index in [1.165, 1.54) is 24.5 Å². The molecule has 1 amide bonds. The lowest BCUT2D eigenvalue weighted by molar-refractivity contribution is 0.102. The summed E-state index contributed by atoms with van der Waals surface area (Å²) in [6, 6.07) is 9.36. The largest absolute Gasteiger partial charge is 0.322 e. The Labute approximate surface area is 124 Å². The van der Waals surface area contributed by atoms with Crippen LogP contribution in [-0.2, 0) is 9.84 Å². The van der Waals surface area contributed by atoms with Crippen LogP contribution < -0.4 is 5.32 Å². The van der Waals surface area contributed by atoms with Crippen LogP contribution in [0.25, 0.3) is 0 Å². The van der Waals surface area contributed by atoms with E-state index >= 15 is 0 Å². The predicted octanol–water partition coefficient (Wildman–Crippen LogP) is 2.52. The first kappa shape index (κ1) is 15.2. The van der Waals surface area contributed by atoms with Crippen LogP contribution in [0.5, 0.6) is 0 Å². The van der Waals surface area contributed by atoms with Gasteiger partial charge in [0.25, 0.3) is 5.91 Å². The van der Waals surface area contributed by atoms with Gasteiger partial charge in [-0.1, -0.05) is 0 Å². The van der Waals surface area contributed by atoms with Crippen LogP contribution in [0.1, 0.15) is 24.2 Å². The summed E-state index contributed by atoms with van der Waals surface area (Å²) >= 11 is 0. The normalized spacial score (nSPS) is 11.4. The van der Waals surface area contributed by atoms with Crippen LogP contribution in [-0.4, -0.2) is 24.6 Å². The third-order valence-corrected chi connectivity index (χ3v) is 5.17. The fourth-order valence-electron chi connectivity index (χ4n) is 1.71. The lowest BCUT2D eigenvalue weighted by atomic mass is 10.2. The van der Waals surface area contributed by atoms with Crippen molar-refractivity contribution in [2.24, 2.45) is 0 Å². The van der Waals surface area contributed by atoms with E-state index in [2.05, 4.69) is 10.3 Å². The number of anilines is 1. The fraction of sp³-hybridized carbons (Fsp3) is 0.200. The summed E-state index contributed by atoms with van der Waals surface area (Å²) in [7, 11) is -3.30. The van der Waals surface area contributed by atoms with E-state index in [4.69, 9.17) is 0 Å². The Bertz CT molecular complexity index is 723. The molecule has 2 rings (SSSR count). The summed E-state index contributed by atoms with van der Waals surface area (Å²) in [6.07, 6.45) is 3.07. The first-order chi connectivity index (χ1) is 9.91. The van der Waals surface area contributed by atoms with Gasteiger partial charge in [-0.15, -0.1) is 0 Å². The number of rotatable bonds is 4. The topological polar surface area (TPSA) is 76.1 Å². The number of hydrogen-bond donors (Lipinski definition) is 1. The third-order valence-electron chi connectivity index (χ3n) is 3.00. The van der Waals surface area contributed by atoms with E-state index in [-0.39, 0.29) is 10.8 Å². The molecular weight excluding hydrogens is 288 g/mol. The number of carbonyl (C=O) groups excluding carboxylic acids is 1. The number of sulfone groups is 1. The number of pyridine rings is 1. The van der Waals surface area contributed by atoms with Crippen LogP contribution in [0.15, 0.2) is 53.7 Å². The standard InChI is InChI=1S/C15H16N2O3S/c1-11(2)21(19,20)14-5-3-13(4-6-14)17-15(18)12-7-9-16-10-8-12/h3-11H,1-2H3,(H,17,18). The highest BCUT2D eigenvalue weighted by atomic mass is 32.2. The Morgan fingerprint density at radius 3 is 2.14 bits per heavy atom. The minimum absolute atomic E-state index is 0.249. The molecule has 0 saturated heterocycles. The van der Waals surface area contributed by atoms with E-state index in [0.29, 0.717) is 11.3 Å². The van der Waals surface area contributed by atoms with Crippen molar-refractivity contribution in [1.29, 1.82) is 0 Å². The number of amides is 1. The molecule has 0 radical (unpaired) electrons. The molecule has 0 saturated carbocycles. The minimum Gasteiger partial charge on any atom is -0.322 e. The second-order valence-electron chi connectivity index (χ2n) is 4.81. The molecule has 1 N–H and O–H groups in total. The molecule has 0 bridgehead atoms. The Balaban J connectivity index is 2.16. The molecule has 5 nitrogen and oxygen atoms in total. The Kier molecular flexibility index (Phi) is 4.37. The van der Waals surface area contributed by atoms with Crippen molar-refractivity contribution in [3.05, 3.63) is 54.4 Å². The average Bonchev–Trinajstić information content (AvgIpc) is 2.48. The number of hydrogen-bond acceptors (Lipinski definition) is 4. The monoisotopic (exact) mass is 304 g/mol. The highest BCUT2D eigenvalue weighted by molar-refractivity contribution is 7.92. The summed E-state index contributed by atoms with van der Waals surface area (Å²) < 4.78 is 24.0. The van der Waals surface area contributed by atoms with Gasteiger partial charge in [-0.25, -0.2) is 8.42 Å². The lowest BCUT2D eigenvalue weighted by Crippen LogP contribution is -2.14. The molecule has 21 heavy (non-hydrogen) atoms. The molecule has 0 fully saturated rings. The predicted molar refractivity (Wildman–Crippen MR) is 81.0 cm³/mol. The maximum absolute atomic E-state index is 12.0. The second kappa shape index (κ2) is 6.05. The average molecular weight is 304 g/mol. The fourth-order valence-corrected chi connectivity index (χ4v) is 2.77. The first-order valence-electron chi connectivity index (χ1n) is 6.46. The summed E-state index contributed by atoms with van der Waals surface area (Å²) in [5.41, 5.74) is 1.03. The van der Waals surface area contributed by atoms with Crippen LogP contribution in [0, 0.1) is 0 Å². The zero-order valence-electron chi connectivity index (χ0n) is 11.8. The van der Waals surface area contributed by atoms with Crippen LogP contribution in [0.2, 0.25) is 0 Å². The van der Waals surface area contributed by atoms with Crippen molar-refractivity contribution >= 4 is 21.4 Å². The number of carbonyl (C=O) groups is 1. The second-order valence-corrected chi connectivity index (χ2v) is 7.31. The SMILES string of the molecule is CC(C)S(=O)(=O)c1ccc(NC(=O)c2ccncc2)cc1. The zero-order valence-corrected chi connectivity index (χ0v) is 12.6. The van der Waals surface area contributed by atoms with Gasteiger partial charge in [0.15, 0.2) is 9.84 Å². The molecule has 0 atom stereocenters. The Morgan fingerprint density at radius 2 is 1.62 bits per heavy atom. The van der Waals surface area contributed by atoms with E-state index in [1.54, 1.807) is 38.1 Å². The maximum Gasteiger partial charge on any atom is 0.255 e. The van der Waals surface area contributed by atoms with Crippen LogP contribution in [0.3, 0.4) is 0 Å². The molecule has 0 spiro atoms. The van der Waals surface area contributed by atoms with Gasteiger partial charge in [-0.3, -0.25) is 9.78 Å². The van der Waals surface area contributed by atoms with Crippen molar-refractivity contribution in [1.82, 2.24) is 4.98 Å². The van der Waals surface area contributed by atoms with Gasteiger partial charge in [0.2, 0.25) is 0 Å². The number of nitrogens with one attached hydrogen (secondary N) is 1. The highest BCUT2D eigenvalue weighted by Gasteiger charge is 2.18. The molecule has 6 heteroatoms. The molecular formula is C15H16N2O3S. The molecule has 0 aliphatic heterocycles. The number of aromatic nitrogens is 1. The molecule has 110 valence electrons. The first-order valence-corrected chi connectivity index (χ1v) is 8.01. The Hall–Kier alpha value is -2.21. The quantitative estimate of drug-likeness (QED) is 0.941. The number of benzene rings is 1. The number of nitrogens with zero attached hydrogens (tertiary/aromatic N) is 1. The van der Waals surface area contributed by atoms with Gasteiger partial charge >= 0.3 is 0 Å². The van der Waals surface area contributed by atoms with Gasteiger partial charge in [-0.2, -0.15) is 0 Å². The smallest absolute Gasteiger partial charge is 0.255 e. The summed E-state index contributed by atoms with van der Waals surface area (Å²) in [5, 5.41) is 2.23. The van der Waals surface area contributed by atoms with Gasteiger partial charge in [-0.05, 0) is 50.2 Å². The van der Waals surface area contributed by atoms with Crippen molar-refractivity contribution < 1.29 is 13.2 Å². The van der Waals surface area contributed by atoms with Gasteiger partial charge in [0, 0.05) is 23.6 Å². The van der Waals surface area contributed by atoms with Gasteiger partial charge in [0.1, 0.15) is 0 Å². The highest BCUT2D eigenvalue weighted by Crippen LogP contribution is 2.18. The summed E-state index contributed by atoms with van der Waals surface area (Å²) in [5.74, 6) is -0.267. The zero-order chi connectivity index (χ0) is 15.5. The van der Waals surface area contributed by atoms with E-state index in [9.17, 15) is 13.2 Å². The third kappa shape index (κ3) is 3.46. The molecule has 1 heterocycles. The lowest BCUT2D eigenvalue weighted by Gasteiger charge is -2.09. The van der Waals surface area contributed by atoms with Crippen molar-refractivity contribution in [3.63, 3.8) is 0 Å². The van der Waals surface area contributed by atoms with Gasteiger partial charge in [0.05, 0.1) is 10.1 Å². The summed E-state index contributed by atoms with van der Waals surface area (Å²) in [4.78, 5) is 16.0. The van der Waals surface area contributed by atoms with E-state index in [0.717, 1.165) is 0 Å². The van der Waals surface area contributed by atoms with E-state index < -0.39 is 15.1 Å². The summed E-state index contributed by atoms with van der Waals surface area (Å²) in [6.45, 7) is 3.27. The molecule has 0 unspecified atom stereocenters. The molecule has 0 aliphatic carbocycles. The molecule has 0 aliphatic rings. The minimum atomic E-state index is -3.30.